The van der Waals surface area contributed by atoms with Crippen molar-refractivity contribution in [1.82, 2.24) is 0 Å². The van der Waals surface area contributed by atoms with Crippen LogP contribution in [0.4, 0.5) is 0 Å². The van der Waals surface area contributed by atoms with Gasteiger partial charge in [0.05, 0.1) is 0 Å². The van der Waals surface area contributed by atoms with Gasteiger partial charge in [0.1, 0.15) is 0 Å². The number of hydrogen-bond donors (Lipinski definition) is 0. The maximum atomic E-state index is 4.93. The zero-order chi connectivity index (χ0) is 36.3. The van der Waals surface area contributed by atoms with Gasteiger partial charge in [-0.15, -0.1) is 68.6 Å². The van der Waals surface area contributed by atoms with E-state index in [-0.39, 0.29) is 5.41 Å². The summed E-state index contributed by atoms with van der Waals surface area (Å²) in [6, 6.07) is 38.6. The number of aryl methyl sites for hydroxylation is 2. The van der Waals surface area contributed by atoms with Gasteiger partial charge in [0, 0.05) is 9.52 Å². The van der Waals surface area contributed by atoms with Crippen molar-refractivity contribution in [3.63, 3.8) is 0 Å². The van der Waals surface area contributed by atoms with E-state index in [0.29, 0.717) is 11.8 Å². The third kappa shape index (κ3) is 11.1. The summed E-state index contributed by atoms with van der Waals surface area (Å²) in [5, 5.41) is 5.48. The van der Waals surface area contributed by atoms with Crippen molar-refractivity contribution in [2.75, 3.05) is 0 Å². The van der Waals surface area contributed by atoms with Crippen LogP contribution in [-0.4, -0.2) is 9.52 Å². The molecule has 0 aromatic heterocycles. The van der Waals surface area contributed by atoms with Gasteiger partial charge in [-0.05, 0) is 45.9 Å². The number of fused-ring (bicyclic) bond motifs is 2. The average molecular weight is 785 g/mol. The molecule has 0 N–H and O–H groups in total. The Morgan fingerprint density at radius 3 is 1.82 bits per heavy atom. The summed E-state index contributed by atoms with van der Waals surface area (Å²) >= 11 is -0.826. The Hall–Kier alpha value is -2.22. The van der Waals surface area contributed by atoms with Gasteiger partial charge in [0.2, 0.25) is 0 Å². The fourth-order valence-electron chi connectivity index (χ4n) is 6.06. The Morgan fingerprint density at radius 1 is 0.735 bits per heavy atom. The summed E-state index contributed by atoms with van der Waals surface area (Å²) in [7, 11) is 11.0. The first-order valence-corrected chi connectivity index (χ1v) is 25.7. The van der Waals surface area contributed by atoms with Gasteiger partial charge in [-0.2, -0.15) is 12.1 Å². The molecule has 0 bridgehead atoms. The fraction of sp³-hybridized carbons (Fsp3) is 0.333. The van der Waals surface area contributed by atoms with E-state index in [2.05, 4.69) is 179 Å². The Labute approximate surface area is 318 Å². The molecule has 0 nitrogen and oxygen atoms in total. The molecule has 0 amide bonds. The summed E-state index contributed by atoms with van der Waals surface area (Å²) in [4.78, 5) is 0. The van der Waals surface area contributed by atoms with E-state index in [0.717, 1.165) is 9.52 Å². The number of rotatable bonds is 5. The molecule has 0 aliphatic heterocycles. The third-order valence-electron chi connectivity index (χ3n) is 9.15. The summed E-state index contributed by atoms with van der Waals surface area (Å²) in [5.41, 5.74) is 12.5. The number of benzene rings is 4. The van der Waals surface area contributed by atoms with Gasteiger partial charge in [-0.1, -0.05) is 147 Å². The minimum absolute atomic E-state index is 0.206. The Bertz CT molecular complexity index is 1870. The van der Waals surface area contributed by atoms with Crippen LogP contribution in [0.2, 0.25) is 13.1 Å². The molecule has 6 rings (SSSR count). The Morgan fingerprint density at radius 2 is 1.29 bits per heavy atom. The van der Waals surface area contributed by atoms with E-state index >= 15 is 0 Å². The summed E-state index contributed by atoms with van der Waals surface area (Å²) in [6.07, 6.45) is 1.19. The van der Waals surface area contributed by atoms with Crippen molar-refractivity contribution >= 4 is 48.1 Å². The van der Waals surface area contributed by atoms with Crippen LogP contribution in [0.1, 0.15) is 94.5 Å². The molecule has 6 aromatic rings. The van der Waals surface area contributed by atoms with Crippen molar-refractivity contribution in [2.24, 2.45) is 0 Å². The van der Waals surface area contributed by atoms with Crippen molar-refractivity contribution in [1.29, 1.82) is 0 Å². The van der Waals surface area contributed by atoms with Crippen LogP contribution in [0.3, 0.4) is 0 Å². The predicted molar refractivity (Wildman–Crippen MR) is 220 cm³/mol. The second-order valence-electron chi connectivity index (χ2n) is 14.4. The topological polar surface area (TPSA) is 0 Å². The second-order valence-corrected chi connectivity index (χ2v) is 19.1. The quantitative estimate of drug-likeness (QED) is 0.121. The Balaban J connectivity index is 0.000000229. The average Bonchev–Trinajstić information content (AvgIpc) is 3.70. The maximum absolute atomic E-state index is 4.93. The SMILES string of the molecule is CCC(C)c1ccc(-c2cccc3[cH-]c(C(C)C)cc23)cc1.C[Si]C.Cc1cc2c(-c3ccc(C(C)(C)C)cc3)ccc(C)c2[cH-]1.[Cl][Zr+2][Cl]. The molecule has 6 aromatic carbocycles. The molecule has 0 fully saturated rings. The normalized spacial score (nSPS) is 11.6. The molecular weight excluding hydrogens is 731 g/mol. The van der Waals surface area contributed by atoms with Crippen molar-refractivity contribution < 1.29 is 20.8 Å². The van der Waals surface area contributed by atoms with E-state index in [9.17, 15) is 0 Å². The monoisotopic (exact) mass is 782 g/mol. The predicted octanol–water partition coefficient (Wildman–Crippen LogP) is 15.2. The second kappa shape index (κ2) is 19.4. The van der Waals surface area contributed by atoms with Gasteiger partial charge in [-0.3, -0.25) is 0 Å². The van der Waals surface area contributed by atoms with E-state index in [1.54, 1.807) is 0 Å². The summed E-state index contributed by atoms with van der Waals surface area (Å²) < 4.78 is 0. The molecule has 0 aliphatic carbocycles. The standard InChI is InChI=1S/C22H25.C21H23.C2H6Si.2ClH.Zr/c1-5-16(4)17-9-11-18(12-10-17)21-8-6-7-19-13-20(15(2)3)14-22(19)21;1-14-12-19-15(2)6-11-18(20(19)13-14)16-7-9-17(10-8-16)21(3,4)5;1-3-2;;;/h6-16H,5H2,1-4H3;6-13H,1-5H3;1-2H3;2*1H;/q2*-1;;;;+4/p-2. The summed E-state index contributed by atoms with van der Waals surface area (Å²) in [5.74, 6) is 1.21. The number of hydrogen-bond acceptors (Lipinski definition) is 0. The fourth-order valence-corrected chi connectivity index (χ4v) is 6.06. The zero-order valence-electron chi connectivity index (χ0n) is 31.4. The van der Waals surface area contributed by atoms with E-state index in [1.807, 2.05) is 0 Å². The van der Waals surface area contributed by atoms with Gasteiger partial charge < -0.3 is 0 Å². The molecule has 1 unspecified atom stereocenters. The molecule has 4 heteroatoms. The molecule has 0 spiro atoms. The van der Waals surface area contributed by atoms with Gasteiger partial charge in [0.25, 0.3) is 0 Å². The first-order valence-electron chi connectivity index (χ1n) is 17.4. The van der Waals surface area contributed by atoms with Crippen LogP contribution < -0.4 is 0 Å². The van der Waals surface area contributed by atoms with Crippen LogP contribution in [0.15, 0.2) is 103 Å². The Kier molecular flexibility index (Phi) is 16.3. The minimum atomic E-state index is -0.826. The molecule has 1 atom stereocenters. The molecule has 49 heavy (non-hydrogen) atoms. The van der Waals surface area contributed by atoms with Crippen LogP contribution >= 0.6 is 17.0 Å². The van der Waals surface area contributed by atoms with E-state index in [4.69, 9.17) is 17.0 Å². The van der Waals surface area contributed by atoms with Crippen LogP contribution in [0.5, 0.6) is 0 Å². The first kappa shape index (κ1) is 41.2. The van der Waals surface area contributed by atoms with Crippen LogP contribution in [0.25, 0.3) is 43.8 Å². The van der Waals surface area contributed by atoms with Gasteiger partial charge in [-0.25, -0.2) is 0 Å². The zero-order valence-corrected chi connectivity index (χ0v) is 36.4. The van der Waals surface area contributed by atoms with E-state index in [1.165, 1.54) is 78.0 Å². The molecule has 0 heterocycles. The van der Waals surface area contributed by atoms with Crippen molar-refractivity contribution in [3.05, 3.63) is 131 Å². The molecule has 0 aliphatic rings. The molecule has 0 saturated carbocycles. The van der Waals surface area contributed by atoms with Gasteiger partial charge in [0.15, 0.2) is 0 Å². The molecule has 256 valence electrons. The molecule has 2 radical (unpaired) electrons. The van der Waals surface area contributed by atoms with E-state index < -0.39 is 20.8 Å². The third-order valence-corrected chi connectivity index (χ3v) is 9.15. The van der Waals surface area contributed by atoms with Crippen LogP contribution in [-0.2, 0) is 26.3 Å². The summed E-state index contributed by atoms with van der Waals surface area (Å²) in [6.45, 7) is 24.5. The molecule has 0 saturated heterocycles. The molecular formula is C45H54Cl2SiZr. The van der Waals surface area contributed by atoms with Crippen molar-refractivity contribution in [3.8, 4) is 22.3 Å². The first-order chi connectivity index (χ1) is 23.3. The van der Waals surface area contributed by atoms with Gasteiger partial charge >= 0.3 is 37.9 Å². The van der Waals surface area contributed by atoms with Crippen molar-refractivity contribution in [2.45, 2.75) is 99.1 Å². The van der Waals surface area contributed by atoms with Crippen LogP contribution in [0, 0.1) is 13.8 Å². The number of halogens is 2.